The number of carbonyl (C=O) groups excluding carboxylic acids is 1. The number of nitrogens with zero attached hydrogens (tertiary/aromatic N) is 3. The summed E-state index contributed by atoms with van der Waals surface area (Å²) in [6, 6.07) is 26.1. The van der Waals surface area contributed by atoms with Gasteiger partial charge in [0.05, 0.1) is 24.2 Å². The number of halogens is 2. The Balaban J connectivity index is 1.43. The normalized spacial score (nSPS) is 11.4. The van der Waals surface area contributed by atoms with Crippen LogP contribution in [-0.2, 0) is 4.79 Å². The number of esters is 1. The molecular weight excluding hydrogens is 549 g/mol. The third-order valence-electron chi connectivity index (χ3n) is 5.86. The van der Waals surface area contributed by atoms with Crippen molar-refractivity contribution in [2.75, 3.05) is 7.11 Å². The maximum atomic E-state index is 13.4. The minimum Gasteiger partial charge on any atom is -0.493 e. The molecule has 0 aliphatic carbocycles. The Kier molecular flexibility index (Phi) is 8.05. The van der Waals surface area contributed by atoms with Gasteiger partial charge >= 0.3 is 5.97 Å². The van der Waals surface area contributed by atoms with Crippen LogP contribution in [0.4, 0.5) is 0 Å². The summed E-state index contributed by atoms with van der Waals surface area (Å²) in [5.41, 5.74) is 2.32. The van der Waals surface area contributed by atoms with Crippen molar-refractivity contribution in [3.63, 3.8) is 0 Å². The van der Waals surface area contributed by atoms with E-state index in [0.29, 0.717) is 43.6 Å². The highest BCUT2D eigenvalue weighted by molar-refractivity contribution is 6.30. The van der Waals surface area contributed by atoms with Gasteiger partial charge in [0.1, 0.15) is 0 Å². The first-order chi connectivity index (χ1) is 19.4. The Bertz CT molecular complexity index is 1810. The number of carbonyl (C=O) groups is 1. The molecule has 0 atom stereocenters. The molecule has 4 aromatic carbocycles. The fraction of sp³-hybridized carbons (Fsp3) is 0.0323. The molecule has 0 spiro atoms. The molecule has 1 heterocycles. The van der Waals surface area contributed by atoms with E-state index in [4.69, 9.17) is 32.7 Å². The highest BCUT2D eigenvalue weighted by atomic mass is 35.5. The topological polar surface area (TPSA) is 82.8 Å². The number of methoxy groups -OCH3 is 1. The quantitative estimate of drug-likeness (QED) is 0.0922. The van der Waals surface area contributed by atoms with E-state index in [1.165, 1.54) is 24.1 Å². The molecule has 0 aliphatic rings. The van der Waals surface area contributed by atoms with Gasteiger partial charge < -0.3 is 9.47 Å². The summed E-state index contributed by atoms with van der Waals surface area (Å²) < 4.78 is 12.1. The molecule has 0 saturated carbocycles. The molecule has 0 bridgehead atoms. The van der Waals surface area contributed by atoms with E-state index in [1.807, 2.05) is 6.07 Å². The fourth-order valence-electron chi connectivity index (χ4n) is 3.87. The molecule has 198 valence electrons. The number of benzene rings is 4. The summed E-state index contributed by atoms with van der Waals surface area (Å²) in [5, 5.41) is 6.07. The van der Waals surface area contributed by atoms with E-state index in [-0.39, 0.29) is 11.3 Å². The molecule has 5 rings (SSSR count). The van der Waals surface area contributed by atoms with Crippen molar-refractivity contribution in [2.24, 2.45) is 5.10 Å². The lowest BCUT2D eigenvalue weighted by atomic mass is 10.2. The SMILES string of the molecule is COc1cc(C=Nn2c(-c3ccc(Cl)cc3)nc3ccccc3c2=O)ccc1OC(=O)/C=C/c1ccc(Cl)cc1. The van der Waals surface area contributed by atoms with Crippen LogP contribution in [0.15, 0.2) is 107 Å². The van der Waals surface area contributed by atoms with Crippen LogP contribution < -0.4 is 15.0 Å². The van der Waals surface area contributed by atoms with Gasteiger partial charge in [0.25, 0.3) is 5.56 Å². The number of para-hydroxylation sites is 1. The van der Waals surface area contributed by atoms with Gasteiger partial charge in [-0.15, -0.1) is 0 Å². The van der Waals surface area contributed by atoms with Crippen molar-refractivity contribution < 1.29 is 14.3 Å². The van der Waals surface area contributed by atoms with Crippen LogP contribution in [0.2, 0.25) is 10.0 Å². The zero-order valence-electron chi connectivity index (χ0n) is 21.1. The summed E-state index contributed by atoms with van der Waals surface area (Å²) in [7, 11) is 1.47. The van der Waals surface area contributed by atoms with Crippen LogP contribution in [0, 0.1) is 0 Å². The van der Waals surface area contributed by atoms with E-state index in [9.17, 15) is 9.59 Å². The van der Waals surface area contributed by atoms with Gasteiger partial charge in [0.2, 0.25) is 0 Å². The first-order valence-electron chi connectivity index (χ1n) is 12.1. The van der Waals surface area contributed by atoms with Gasteiger partial charge in [-0.05, 0) is 83.9 Å². The lowest BCUT2D eigenvalue weighted by Crippen LogP contribution is -2.20. The summed E-state index contributed by atoms with van der Waals surface area (Å²) >= 11 is 12.0. The number of ether oxygens (including phenoxy) is 2. The Morgan fingerprint density at radius 3 is 2.27 bits per heavy atom. The average Bonchev–Trinajstić information content (AvgIpc) is 2.97. The van der Waals surface area contributed by atoms with Crippen molar-refractivity contribution in [3.05, 3.63) is 129 Å². The molecule has 5 aromatic rings. The fourth-order valence-corrected chi connectivity index (χ4v) is 4.12. The molecule has 40 heavy (non-hydrogen) atoms. The van der Waals surface area contributed by atoms with Gasteiger partial charge in [-0.1, -0.05) is 47.5 Å². The third kappa shape index (κ3) is 6.12. The van der Waals surface area contributed by atoms with Gasteiger partial charge in [-0.3, -0.25) is 4.79 Å². The third-order valence-corrected chi connectivity index (χ3v) is 6.36. The number of hydrogen-bond donors (Lipinski definition) is 0. The molecule has 0 radical (unpaired) electrons. The Morgan fingerprint density at radius 1 is 0.875 bits per heavy atom. The predicted molar refractivity (Wildman–Crippen MR) is 159 cm³/mol. The van der Waals surface area contributed by atoms with Crippen LogP contribution in [0.1, 0.15) is 11.1 Å². The van der Waals surface area contributed by atoms with E-state index in [0.717, 1.165) is 5.56 Å². The van der Waals surface area contributed by atoms with Crippen LogP contribution in [0.5, 0.6) is 11.5 Å². The van der Waals surface area contributed by atoms with Gasteiger partial charge in [0, 0.05) is 21.7 Å². The molecule has 0 saturated heterocycles. The molecule has 7 nitrogen and oxygen atoms in total. The zero-order valence-corrected chi connectivity index (χ0v) is 22.6. The van der Waals surface area contributed by atoms with Crippen molar-refractivity contribution in [2.45, 2.75) is 0 Å². The van der Waals surface area contributed by atoms with Gasteiger partial charge in [-0.2, -0.15) is 9.78 Å². The average molecular weight is 570 g/mol. The monoisotopic (exact) mass is 569 g/mol. The van der Waals surface area contributed by atoms with Crippen molar-refractivity contribution in [1.29, 1.82) is 0 Å². The Hall–Kier alpha value is -4.72. The van der Waals surface area contributed by atoms with Gasteiger partial charge in [0.15, 0.2) is 17.3 Å². The second-order valence-corrected chi connectivity index (χ2v) is 9.41. The lowest BCUT2D eigenvalue weighted by Gasteiger charge is -2.10. The smallest absolute Gasteiger partial charge is 0.336 e. The second kappa shape index (κ2) is 12.0. The first kappa shape index (κ1) is 26.9. The molecule has 0 amide bonds. The van der Waals surface area contributed by atoms with E-state index < -0.39 is 5.97 Å². The standard InChI is InChI=1S/C31H21Cl2N3O4/c1-39-28-18-21(8-16-27(28)40-29(37)17-9-20-6-12-23(32)13-7-20)19-34-36-30(22-10-14-24(33)15-11-22)35-26-5-3-2-4-25(26)31(36)38/h2-19H,1H3/b17-9+,34-19?. The maximum Gasteiger partial charge on any atom is 0.336 e. The number of rotatable bonds is 7. The number of aromatic nitrogens is 2. The Labute approximate surface area is 239 Å². The molecule has 0 unspecified atom stereocenters. The van der Waals surface area contributed by atoms with Crippen LogP contribution in [0.3, 0.4) is 0 Å². The summed E-state index contributed by atoms with van der Waals surface area (Å²) in [5.74, 6) is 0.341. The molecule has 0 aliphatic heterocycles. The molecule has 0 N–H and O–H groups in total. The van der Waals surface area contributed by atoms with Crippen molar-refractivity contribution in [1.82, 2.24) is 9.66 Å². The predicted octanol–water partition coefficient (Wildman–Crippen LogP) is 6.88. The van der Waals surface area contributed by atoms with Crippen molar-refractivity contribution >= 4 is 52.4 Å². The van der Waals surface area contributed by atoms with Crippen molar-refractivity contribution in [3.8, 4) is 22.9 Å². The summed E-state index contributed by atoms with van der Waals surface area (Å²) in [4.78, 5) is 30.4. The first-order valence-corrected chi connectivity index (χ1v) is 12.8. The highest BCUT2D eigenvalue weighted by Crippen LogP contribution is 2.28. The maximum absolute atomic E-state index is 13.4. The zero-order chi connectivity index (χ0) is 28.1. The van der Waals surface area contributed by atoms with E-state index in [2.05, 4.69) is 10.1 Å². The minimum absolute atomic E-state index is 0.233. The molecule has 0 fully saturated rings. The largest absolute Gasteiger partial charge is 0.493 e. The number of hydrogen-bond acceptors (Lipinski definition) is 6. The summed E-state index contributed by atoms with van der Waals surface area (Å²) in [6.07, 6.45) is 4.45. The molecular formula is C31H21Cl2N3O4. The number of fused-ring (bicyclic) bond motifs is 1. The lowest BCUT2D eigenvalue weighted by molar-refractivity contribution is -0.129. The van der Waals surface area contributed by atoms with E-state index in [1.54, 1.807) is 91.0 Å². The second-order valence-electron chi connectivity index (χ2n) is 8.54. The Morgan fingerprint density at radius 2 is 1.55 bits per heavy atom. The highest BCUT2D eigenvalue weighted by Gasteiger charge is 2.13. The minimum atomic E-state index is -0.573. The summed E-state index contributed by atoms with van der Waals surface area (Å²) in [6.45, 7) is 0. The van der Waals surface area contributed by atoms with Gasteiger partial charge in [-0.25, -0.2) is 9.78 Å². The van der Waals surface area contributed by atoms with Crippen LogP contribution in [-0.4, -0.2) is 29.0 Å². The van der Waals surface area contributed by atoms with Crippen LogP contribution in [0.25, 0.3) is 28.4 Å². The van der Waals surface area contributed by atoms with Crippen LogP contribution >= 0.6 is 23.2 Å². The molecule has 9 heteroatoms. The van der Waals surface area contributed by atoms with E-state index >= 15 is 0 Å². The molecule has 1 aromatic heterocycles.